The SMILES string of the molecule is CCNC(=NCC(O)c1ccc(OC)cc1)NCC1CCCN1CC. The van der Waals surface area contributed by atoms with E-state index in [1.165, 1.54) is 19.4 Å². The van der Waals surface area contributed by atoms with Crippen molar-refractivity contribution in [1.29, 1.82) is 0 Å². The number of rotatable bonds is 8. The van der Waals surface area contributed by atoms with E-state index in [4.69, 9.17) is 4.74 Å². The van der Waals surface area contributed by atoms with Crippen molar-refractivity contribution in [2.45, 2.75) is 38.8 Å². The summed E-state index contributed by atoms with van der Waals surface area (Å²) >= 11 is 0. The molecule has 1 aromatic carbocycles. The van der Waals surface area contributed by atoms with Crippen LogP contribution in [0.3, 0.4) is 0 Å². The van der Waals surface area contributed by atoms with Gasteiger partial charge in [-0.3, -0.25) is 9.89 Å². The summed E-state index contributed by atoms with van der Waals surface area (Å²) in [7, 11) is 1.63. The molecule has 6 nitrogen and oxygen atoms in total. The Morgan fingerprint density at radius 3 is 2.72 bits per heavy atom. The van der Waals surface area contributed by atoms with Crippen LogP contribution < -0.4 is 15.4 Å². The molecule has 6 heteroatoms. The molecule has 0 aliphatic carbocycles. The van der Waals surface area contributed by atoms with Gasteiger partial charge >= 0.3 is 0 Å². The molecule has 140 valence electrons. The highest BCUT2D eigenvalue weighted by Gasteiger charge is 2.22. The molecule has 0 bridgehead atoms. The van der Waals surface area contributed by atoms with E-state index in [0.29, 0.717) is 12.6 Å². The van der Waals surface area contributed by atoms with Crippen molar-refractivity contribution in [3.63, 3.8) is 0 Å². The molecule has 25 heavy (non-hydrogen) atoms. The monoisotopic (exact) mass is 348 g/mol. The predicted octanol–water partition coefficient (Wildman–Crippen LogP) is 1.77. The van der Waals surface area contributed by atoms with Crippen molar-refractivity contribution in [3.8, 4) is 5.75 Å². The van der Waals surface area contributed by atoms with Crippen LogP contribution in [0.2, 0.25) is 0 Å². The Morgan fingerprint density at radius 2 is 2.08 bits per heavy atom. The molecule has 0 aromatic heterocycles. The number of aliphatic hydroxyl groups excluding tert-OH is 1. The molecule has 1 aromatic rings. The molecule has 2 atom stereocenters. The van der Waals surface area contributed by atoms with Gasteiger partial charge in [-0.15, -0.1) is 0 Å². The number of aliphatic hydroxyl groups is 1. The highest BCUT2D eigenvalue weighted by atomic mass is 16.5. The molecule has 0 spiro atoms. The summed E-state index contributed by atoms with van der Waals surface area (Å²) in [4.78, 5) is 7.04. The Bertz CT molecular complexity index is 533. The lowest BCUT2D eigenvalue weighted by atomic mass is 10.1. The van der Waals surface area contributed by atoms with Crippen molar-refractivity contribution < 1.29 is 9.84 Å². The zero-order chi connectivity index (χ0) is 18.1. The van der Waals surface area contributed by atoms with Crippen molar-refractivity contribution in [2.24, 2.45) is 4.99 Å². The molecule has 0 amide bonds. The Morgan fingerprint density at radius 1 is 1.32 bits per heavy atom. The van der Waals surface area contributed by atoms with Gasteiger partial charge in [-0.1, -0.05) is 19.1 Å². The largest absolute Gasteiger partial charge is 0.497 e. The van der Waals surface area contributed by atoms with Crippen LogP contribution in [0.25, 0.3) is 0 Å². The molecule has 1 aliphatic rings. The summed E-state index contributed by atoms with van der Waals surface area (Å²) in [6.45, 7) is 8.55. The zero-order valence-corrected chi connectivity index (χ0v) is 15.7. The minimum atomic E-state index is -0.625. The number of nitrogens with zero attached hydrogens (tertiary/aromatic N) is 2. The molecule has 1 saturated heterocycles. The summed E-state index contributed by atoms with van der Waals surface area (Å²) < 4.78 is 5.14. The second-order valence-corrected chi connectivity index (χ2v) is 6.31. The number of hydrogen-bond donors (Lipinski definition) is 3. The molecule has 1 fully saturated rings. The summed E-state index contributed by atoms with van der Waals surface area (Å²) in [5.41, 5.74) is 0.841. The number of likely N-dealkylation sites (tertiary alicyclic amines) is 1. The number of aliphatic imine (C=N–C) groups is 1. The van der Waals surface area contributed by atoms with Crippen LogP contribution in [0.15, 0.2) is 29.3 Å². The van der Waals surface area contributed by atoms with Crippen molar-refractivity contribution in [1.82, 2.24) is 15.5 Å². The molecule has 2 unspecified atom stereocenters. The normalized spacial score (nSPS) is 19.7. The maximum Gasteiger partial charge on any atom is 0.191 e. The lowest BCUT2D eigenvalue weighted by molar-refractivity contribution is 0.187. The van der Waals surface area contributed by atoms with Crippen LogP contribution in [0.5, 0.6) is 5.75 Å². The van der Waals surface area contributed by atoms with Crippen LogP contribution in [0.4, 0.5) is 0 Å². The van der Waals surface area contributed by atoms with Gasteiger partial charge in [0.15, 0.2) is 5.96 Å². The van der Waals surface area contributed by atoms with Gasteiger partial charge in [-0.2, -0.15) is 0 Å². The van der Waals surface area contributed by atoms with E-state index in [2.05, 4.69) is 27.4 Å². The van der Waals surface area contributed by atoms with Gasteiger partial charge in [0.1, 0.15) is 5.75 Å². The Hall–Kier alpha value is -1.79. The molecule has 1 heterocycles. The minimum absolute atomic E-state index is 0.323. The lowest BCUT2D eigenvalue weighted by Gasteiger charge is -2.24. The minimum Gasteiger partial charge on any atom is -0.497 e. The third-order valence-corrected chi connectivity index (χ3v) is 4.68. The Kier molecular flexibility index (Phi) is 8.01. The number of likely N-dealkylation sites (N-methyl/N-ethyl adjacent to an activating group) is 1. The number of nitrogens with one attached hydrogen (secondary N) is 2. The number of methoxy groups -OCH3 is 1. The third kappa shape index (κ3) is 5.90. The quantitative estimate of drug-likeness (QED) is 0.493. The second kappa shape index (κ2) is 10.3. The molecular weight excluding hydrogens is 316 g/mol. The highest BCUT2D eigenvalue weighted by molar-refractivity contribution is 5.79. The molecule has 0 radical (unpaired) electrons. The smallest absolute Gasteiger partial charge is 0.191 e. The van der Waals surface area contributed by atoms with Gasteiger partial charge in [-0.05, 0) is 50.6 Å². The van der Waals surface area contributed by atoms with E-state index >= 15 is 0 Å². The van der Waals surface area contributed by atoms with E-state index in [-0.39, 0.29) is 0 Å². The molecule has 3 N–H and O–H groups in total. The van der Waals surface area contributed by atoms with E-state index in [1.807, 2.05) is 31.2 Å². The van der Waals surface area contributed by atoms with Crippen LogP contribution in [-0.4, -0.2) is 61.8 Å². The van der Waals surface area contributed by atoms with Crippen LogP contribution in [-0.2, 0) is 0 Å². The number of ether oxygens (including phenoxy) is 1. The maximum atomic E-state index is 10.3. The van der Waals surface area contributed by atoms with Crippen molar-refractivity contribution >= 4 is 5.96 Å². The van der Waals surface area contributed by atoms with E-state index in [9.17, 15) is 5.11 Å². The maximum absolute atomic E-state index is 10.3. The highest BCUT2D eigenvalue weighted by Crippen LogP contribution is 2.18. The van der Waals surface area contributed by atoms with E-state index < -0.39 is 6.10 Å². The Balaban J connectivity index is 1.89. The zero-order valence-electron chi connectivity index (χ0n) is 15.7. The lowest BCUT2D eigenvalue weighted by Crippen LogP contribution is -2.45. The fourth-order valence-electron chi connectivity index (χ4n) is 3.21. The van der Waals surface area contributed by atoms with Crippen molar-refractivity contribution in [3.05, 3.63) is 29.8 Å². The topological polar surface area (TPSA) is 69.1 Å². The molecular formula is C19H32N4O2. The van der Waals surface area contributed by atoms with Crippen LogP contribution >= 0.6 is 0 Å². The summed E-state index contributed by atoms with van der Waals surface area (Å²) in [6.07, 6.45) is 1.87. The summed E-state index contributed by atoms with van der Waals surface area (Å²) in [6, 6.07) is 8.02. The van der Waals surface area contributed by atoms with E-state index in [1.54, 1.807) is 7.11 Å². The summed E-state index contributed by atoms with van der Waals surface area (Å²) in [5.74, 6) is 1.55. The fraction of sp³-hybridized carbons (Fsp3) is 0.632. The van der Waals surface area contributed by atoms with Gasteiger partial charge in [0, 0.05) is 19.1 Å². The third-order valence-electron chi connectivity index (χ3n) is 4.68. The van der Waals surface area contributed by atoms with Gasteiger partial charge in [0.05, 0.1) is 19.8 Å². The van der Waals surface area contributed by atoms with Gasteiger partial charge in [0.2, 0.25) is 0 Å². The van der Waals surface area contributed by atoms with Crippen LogP contribution in [0, 0.1) is 0 Å². The Labute approximate surface area is 151 Å². The first kappa shape index (κ1) is 19.5. The van der Waals surface area contributed by atoms with Gasteiger partial charge in [0.25, 0.3) is 0 Å². The predicted molar refractivity (Wildman–Crippen MR) is 102 cm³/mol. The second-order valence-electron chi connectivity index (χ2n) is 6.31. The van der Waals surface area contributed by atoms with Crippen LogP contribution in [0.1, 0.15) is 38.4 Å². The summed E-state index contributed by atoms with van der Waals surface area (Å²) in [5, 5.41) is 17.0. The first-order valence-corrected chi connectivity index (χ1v) is 9.26. The van der Waals surface area contributed by atoms with E-state index in [0.717, 1.165) is 36.9 Å². The first-order chi connectivity index (χ1) is 12.2. The fourth-order valence-corrected chi connectivity index (χ4v) is 3.21. The van der Waals surface area contributed by atoms with Crippen molar-refractivity contribution in [2.75, 3.05) is 39.8 Å². The number of hydrogen-bond acceptors (Lipinski definition) is 4. The average molecular weight is 348 g/mol. The molecule has 1 aliphatic heterocycles. The number of benzene rings is 1. The number of guanidine groups is 1. The molecule has 0 saturated carbocycles. The van der Waals surface area contributed by atoms with Gasteiger partial charge < -0.3 is 20.5 Å². The molecule has 2 rings (SSSR count). The standard InChI is InChI=1S/C19H32N4O2/c1-4-20-19(21-13-16-7-6-12-23(16)5-2)22-14-18(24)15-8-10-17(25-3)11-9-15/h8-11,16,18,24H,4-7,12-14H2,1-3H3,(H2,20,21,22). The van der Waals surface area contributed by atoms with Gasteiger partial charge in [-0.25, -0.2) is 0 Å². The average Bonchev–Trinajstić information content (AvgIpc) is 3.11. The first-order valence-electron chi connectivity index (χ1n) is 9.26.